The van der Waals surface area contributed by atoms with Gasteiger partial charge in [0.25, 0.3) is 0 Å². The van der Waals surface area contributed by atoms with Crippen molar-refractivity contribution in [1.82, 2.24) is 9.80 Å². The van der Waals surface area contributed by atoms with Crippen molar-refractivity contribution < 1.29 is 15.0 Å². The molecular formula is C21H33ClN2O3S. The molecule has 1 aliphatic carbocycles. The molecular weight excluding hydrogens is 396 g/mol. The largest absolute Gasteiger partial charge is 0.465 e. The van der Waals surface area contributed by atoms with Crippen LogP contribution in [0.2, 0.25) is 4.34 Å². The third kappa shape index (κ3) is 5.21. The molecule has 1 saturated heterocycles. The van der Waals surface area contributed by atoms with Gasteiger partial charge in [-0.1, -0.05) is 50.6 Å². The standard InChI is InChI=1S/C21H33ClN2O3S/c1-2-3-7-16-14-23(12-13-24(16)20(25)26)15-17(18-8-9-19(22)28-18)21(27)10-5-4-6-11-21/h8-9,16-17,27H,2-7,10-15H2,1H3,(H,25,26). The maximum absolute atomic E-state index is 11.6. The van der Waals surface area contributed by atoms with Gasteiger partial charge in [-0.15, -0.1) is 11.3 Å². The van der Waals surface area contributed by atoms with Crippen LogP contribution in [0, 0.1) is 0 Å². The van der Waals surface area contributed by atoms with Crippen LogP contribution >= 0.6 is 22.9 Å². The third-order valence-corrected chi connectivity index (χ3v) is 7.79. The van der Waals surface area contributed by atoms with Crippen molar-refractivity contribution in [3.63, 3.8) is 0 Å². The van der Waals surface area contributed by atoms with E-state index in [1.165, 1.54) is 6.42 Å². The van der Waals surface area contributed by atoms with E-state index in [2.05, 4.69) is 17.9 Å². The average Bonchev–Trinajstić information content (AvgIpc) is 3.10. The summed E-state index contributed by atoms with van der Waals surface area (Å²) in [6.45, 7) is 4.92. The third-order valence-electron chi connectivity index (χ3n) is 6.45. The Morgan fingerprint density at radius 1 is 1.32 bits per heavy atom. The summed E-state index contributed by atoms with van der Waals surface area (Å²) in [6, 6.07) is 4.03. The number of piperazine rings is 1. The molecule has 7 heteroatoms. The fourth-order valence-corrected chi connectivity index (χ4v) is 6.10. The summed E-state index contributed by atoms with van der Waals surface area (Å²) >= 11 is 7.79. The van der Waals surface area contributed by atoms with E-state index in [-0.39, 0.29) is 12.0 Å². The summed E-state index contributed by atoms with van der Waals surface area (Å²) in [4.78, 5) is 16.8. The summed E-state index contributed by atoms with van der Waals surface area (Å²) in [5.74, 6) is 0.0357. The molecule has 1 saturated carbocycles. The molecule has 0 aromatic carbocycles. The number of hydrogen-bond acceptors (Lipinski definition) is 4. The molecule has 1 aromatic rings. The van der Waals surface area contributed by atoms with Gasteiger partial charge >= 0.3 is 6.09 Å². The van der Waals surface area contributed by atoms with E-state index in [0.29, 0.717) is 6.54 Å². The van der Waals surface area contributed by atoms with Crippen molar-refractivity contribution in [2.24, 2.45) is 0 Å². The molecule has 2 unspecified atom stereocenters. The summed E-state index contributed by atoms with van der Waals surface area (Å²) in [7, 11) is 0. The highest BCUT2D eigenvalue weighted by Gasteiger charge is 2.41. The Bertz CT molecular complexity index is 647. The van der Waals surface area contributed by atoms with E-state index in [1.807, 2.05) is 6.07 Å². The zero-order valence-electron chi connectivity index (χ0n) is 16.8. The number of halogens is 1. The van der Waals surface area contributed by atoms with Gasteiger partial charge in [-0.3, -0.25) is 4.90 Å². The van der Waals surface area contributed by atoms with Crippen LogP contribution in [0.15, 0.2) is 12.1 Å². The molecule has 0 bridgehead atoms. The molecule has 2 fully saturated rings. The van der Waals surface area contributed by atoms with E-state index >= 15 is 0 Å². The number of carbonyl (C=O) groups is 1. The summed E-state index contributed by atoms with van der Waals surface area (Å²) in [5, 5.41) is 21.1. The molecule has 2 N–H and O–H groups in total. The van der Waals surface area contributed by atoms with Crippen molar-refractivity contribution in [3.05, 3.63) is 21.3 Å². The number of rotatable bonds is 7. The normalized spacial score (nSPS) is 24.2. The second-order valence-electron chi connectivity index (χ2n) is 8.39. The minimum Gasteiger partial charge on any atom is -0.465 e. The van der Waals surface area contributed by atoms with Crippen LogP contribution in [0.25, 0.3) is 0 Å². The first-order valence-electron chi connectivity index (χ1n) is 10.6. The molecule has 1 aromatic heterocycles. The first-order chi connectivity index (χ1) is 13.4. The van der Waals surface area contributed by atoms with Crippen molar-refractivity contribution in [2.45, 2.75) is 75.9 Å². The molecule has 2 atom stereocenters. The number of hydrogen-bond donors (Lipinski definition) is 2. The van der Waals surface area contributed by atoms with Gasteiger partial charge in [0.2, 0.25) is 0 Å². The van der Waals surface area contributed by atoms with Crippen molar-refractivity contribution in [2.75, 3.05) is 26.2 Å². The summed E-state index contributed by atoms with van der Waals surface area (Å²) in [5.41, 5.74) is -0.685. The zero-order valence-corrected chi connectivity index (χ0v) is 18.4. The van der Waals surface area contributed by atoms with E-state index in [0.717, 1.165) is 73.8 Å². The molecule has 3 rings (SSSR count). The lowest BCUT2D eigenvalue weighted by Crippen LogP contribution is -2.56. The minimum atomic E-state index is -0.812. The second kappa shape index (κ2) is 9.79. The van der Waals surface area contributed by atoms with Crippen molar-refractivity contribution in [3.8, 4) is 0 Å². The number of carboxylic acid groups (broad SMARTS) is 1. The van der Waals surface area contributed by atoms with Crippen LogP contribution in [0.3, 0.4) is 0 Å². The van der Waals surface area contributed by atoms with Gasteiger partial charge in [-0.2, -0.15) is 0 Å². The fourth-order valence-electron chi connectivity index (χ4n) is 4.84. The van der Waals surface area contributed by atoms with Crippen molar-refractivity contribution in [1.29, 1.82) is 0 Å². The quantitative estimate of drug-likeness (QED) is 0.638. The highest BCUT2D eigenvalue weighted by atomic mass is 35.5. The smallest absolute Gasteiger partial charge is 0.407 e. The first kappa shape index (κ1) is 21.9. The molecule has 158 valence electrons. The van der Waals surface area contributed by atoms with Gasteiger partial charge in [0.05, 0.1) is 9.94 Å². The molecule has 0 spiro atoms. The van der Waals surface area contributed by atoms with Gasteiger partial charge in [-0.25, -0.2) is 4.79 Å². The molecule has 2 heterocycles. The van der Waals surface area contributed by atoms with Gasteiger partial charge in [0.15, 0.2) is 0 Å². The maximum atomic E-state index is 11.6. The number of unbranched alkanes of at least 4 members (excludes halogenated alkanes) is 1. The lowest BCUT2D eigenvalue weighted by Gasteiger charge is -2.45. The monoisotopic (exact) mass is 428 g/mol. The molecule has 5 nitrogen and oxygen atoms in total. The van der Waals surface area contributed by atoms with E-state index in [1.54, 1.807) is 16.2 Å². The van der Waals surface area contributed by atoms with Gasteiger partial charge < -0.3 is 15.1 Å². The van der Waals surface area contributed by atoms with E-state index in [9.17, 15) is 15.0 Å². The predicted octanol–water partition coefficient (Wildman–Crippen LogP) is 5.03. The van der Waals surface area contributed by atoms with E-state index in [4.69, 9.17) is 11.6 Å². The van der Waals surface area contributed by atoms with Gasteiger partial charge in [-0.05, 0) is 31.4 Å². The fraction of sp³-hybridized carbons (Fsp3) is 0.762. The molecule has 0 radical (unpaired) electrons. The first-order valence-corrected chi connectivity index (χ1v) is 11.8. The van der Waals surface area contributed by atoms with Crippen LogP contribution in [-0.2, 0) is 0 Å². The average molecular weight is 429 g/mol. The van der Waals surface area contributed by atoms with Crippen LogP contribution in [0.4, 0.5) is 4.79 Å². The van der Waals surface area contributed by atoms with Crippen molar-refractivity contribution >= 4 is 29.0 Å². The van der Waals surface area contributed by atoms with Crippen LogP contribution in [0.1, 0.15) is 69.1 Å². The Balaban J connectivity index is 1.75. The van der Waals surface area contributed by atoms with Crippen LogP contribution in [-0.4, -0.2) is 63.9 Å². The predicted molar refractivity (Wildman–Crippen MR) is 115 cm³/mol. The lowest BCUT2D eigenvalue weighted by atomic mass is 9.74. The van der Waals surface area contributed by atoms with Gasteiger partial charge in [0, 0.05) is 43.0 Å². The Hall–Kier alpha value is -0.820. The van der Waals surface area contributed by atoms with Crippen LogP contribution < -0.4 is 0 Å². The number of nitrogens with zero attached hydrogens (tertiary/aromatic N) is 2. The maximum Gasteiger partial charge on any atom is 0.407 e. The molecule has 1 amide bonds. The topological polar surface area (TPSA) is 64.0 Å². The summed E-state index contributed by atoms with van der Waals surface area (Å²) in [6.07, 6.45) is 7.19. The molecule has 1 aliphatic heterocycles. The number of amides is 1. The summed E-state index contributed by atoms with van der Waals surface area (Å²) < 4.78 is 0.760. The minimum absolute atomic E-state index is 0.0357. The Labute approximate surface area is 177 Å². The zero-order chi connectivity index (χ0) is 20.1. The van der Waals surface area contributed by atoms with E-state index < -0.39 is 11.7 Å². The SMILES string of the molecule is CCCCC1CN(CC(c2ccc(Cl)s2)C2(O)CCCCC2)CCN1C(=O)O. The van der Waals surface area contributed by atoms with Crippen LogP contribution in [0.5, 0.6) is 0 Å². The Morgan fingerprint density at radius 3 is 2.68 bits per heavy atom. The lowest BCUT2D eigenvalue weighted by molar-refractivity contribution is -0.0362. The Kier molecular flexibility index (Phi) is 7.65. The van der Waals surface area contributed by atoms with Gasteiger partial charge in [0.1, 0.15) is 0 Å². The highest BCUT2D eigenvalue weighted by Crippen LogP contribution is 2.43. The number of aliphatic hydroxyl groups is 1. The number of thiophene rings is 1. The highest BCUT2D eigenvalue weighted by molar-refractivity contribution is 7.16. The molecule has 28 heavy (non-hydrogen) atoms. The Morgan fingerprint density at radius 2 is 2.07 bits per heavy atom. The molecule has 2 aliphatic rings. The second-order valence-corrected chi connectivity index (χ2v) is 10.1.